The fraction of sp³-hybridized carbons (Fsp3) is 0.571. The highest BCUT2D eigenvalue weighted by molar-refractivity contribution is 6.30. The molecule has 0 spiro atoms. The van der Waals surface area contributed by atoms with E-state index in [1.54, 1.807) is 0 Å². The van der Waals surface area contributed by atoms with Gasteiger partial charge in [-0.15, -0.1) is 0 Å². The lowest BCUT2D eigenvalue weighted by molar-refractivity contribution is 0.0601. The molecule has 1 aromatic carbocycles. The van der Waals surface area contributed by atoms with E-state index in [4.69, 9.17) is 16.3 Å². The summed E-state index contributed by atoms with van der Waals surface area (Å²) >= 11 is 6.11. The molecule has 2 rings (SSSR count). The third kappa shape index (κ3) is 3.16. The van der Waals surface area contributed by atoms with Crippen LogP contribution in [0.4, 0.5) is 0 Å². The molecule has 3 nitrogen and oxygen atoms in total. The molecule has 0 fully saturated rings. The summed E-state index contributed by atoms with van der Waals surface area (Å²) in [5, 5.41) is 14.2. The van der Waals surface area contributed by atoms with Crippen molar-refractivity contribution in [3.8, 4) is 5.75 Å². The van der Waals surface area contributed by atoms with Crippen molar-refractivity contribution in [2.75, 3.05) is 19.7 Å². The van der Waals surface area contributed by atoms with Gasteiger partial charge in [0.2, 0.25) is 0 Å². The van der Waals surface area contributed by atoms with Crippen molar-refractivity contribution in [2.24, 2.45) is 0 Å². The summed E-state index contributed by atoms with van der Waals surface area (Å²) in [6.07, 6.45) is 1.45. The van der Waals surface area contributed by atoms with Crippen LogP contribution in [-0.2, 0) is 12.8 Å². The highest BCUT2D eigenvalue weighted by atomic mass is 35.5. The molecule has 0 saturated carbocycles. The van der Waals surface area contributed by atoms with Crippen molar-refractivity contribution in [3.63, 3.8) is 0 Å². The van der Waals surface area contributed by atoms with Crippen LogP contribution in [0.25, 0.3) is 0 Å². The third-order valence-electron chi connectivity index (χ3n) is 3.15. The average molecular weight is 270 g/mol. The van der Waals surface area contributed by atoms with E-state index in [9.17, 15) is 5.11 Å². The normalized spacial score (nSPS) is 17.1. The number of hydrogen-bond acceptors (Lipinski definition) is 3. The molecule has 2 N–H and O–H groups in total. The molecule has 0 aromatic heterocycles. The predicted octanol–water partition coefficient (Wildman–Crippen LogP) is 2.18. The number of ether oxygens (including phenoxy) is 1. The Morgan fingerprint density at radius 2 is 2.28 bits per heavy atom. The Balaban J connectivity index is 2.19. The zero-order chi connectivity index (χ0) is 13.2. The van der Waals surface area contributed by atoms with Crippen LogP contribution in [0.3, 0.4) is 0 Å². The van der Waals surface area contributed by atoms with Crippen molar-refractivity contribution < 1.29 is 9.84 Å². The van der Waals surface area contributed by atoms with Gasteiger partial charge in [-0.3, -0.25) is 0 Å². The van der Waals surface area contributed by atoms with E-state index < -0.39 is 5.60 Å². The van der Waals surface area contributed by atoms with Crippen molar-refractivity contribution in [3.05, 3.63) is 28.3 Å². The minimum atomic E-state index is -0.791. The van der Waals surface area contributed by atoms with Crippen molar-refractivity contribution in [1.29, 1.82) is 0 Å². The Labute approximate surface area is 113 Å². The molecule has 100 valence electrons. The fourth-order valence-electron chi connectivity index (χ4n) is 2.34. The summed E-state index contributed by atoms with van der Waals surface area (Å²) < 4.78 is 5.64. The second-order valence-corrected chi connectivity index (χ2v) is 5.54. The third-order valence-corrected chi connectivity index (χ3v) is 3.37. The van der Waals surface area contributed by atoms with Gasteiger partial charge in [0.1, 0.15) is 5.75 Å². The Morgan fingerprint density at radius 1 is 1.50 bits per heavy atom. The van der Waals surface area contributed by atoms with E-state index in [-0.39, 0.29) is 0 Å². The molecular weight excluding hydrogens is 250 g/mol. The summed E-state index contributed by atoms with van der Waals surface area (Å²) in [7, 11) is 0. The number of rotatable bonds is 5. The lowest BCUT2D eigenvalue weighted by atomic mass is 9.94. The molecule has 0 radical (unpaired) electrons. The van der Waals surface area contributed by atoms with Crippen LogP contribution in [0, 0.1) is 0 Å². The Bertz CT molecular complexity index is 432. The molecular formula is C14H20ClNO2. The summed E-state index contributed by atoms with van der Waals surface area (Å²) in [6.45, 7) is 5.97. The quantitative estimate of drug-likeness (QED) is 0.861. The minimum Gasteiger partial charge on any atom is -0.493 e. The summed E-state index contributed by atoms with van der Waals surface area (Å²) in [5.41, 5.74) is 1.36. The Kier molecular flexibility index (Phi) is 4.15. The zero-order valence-corrected chi connectivity index (χ0v) is 11.7. The molecule has 0 bridgehead atoms. The lowest BCUT2D eigenvalue weighted by Gasteiger charge is -2.24. The first-order valence-corrected chi connectivity index (χ1v) is 6.77. The molecule has 1 unspecified atom stereocenters. The van der Waals surface area contributed by atoms with Crippen LogP contribution in [0.5, 0.6) is 5.75 Å². The van der Waals surface area contributed by atoms with Gasteiger partial charge < -0.3 is 15.2 Å². The Hall–Kier alpha value is -0.770. The molecule has 4 heteroatoms. The van der Waals surface area contributed by atoms with E-state index in [0.717, 1.165) is 29.8 Å². The van der Waals surface area contributed by atoms with Crippen LogP contribution < -0.4 is 10.1 Å². The molecule has 1 atom stereocenters. The summed E-state index contributed by atoms with van der Waals surface area (Å²) in [6, 6.07) is 3.85. The van der Waals surface area contributed by atoms with Gasteiger partial charge in [-0.1, -0.05) is 18.5 Å². The van der Waals surface area contributed by atoms with Crippen LogP contribution in [0.15, 0.2) is 12.1 Å². The maximum Gasteiger partial charge on any atom is 0.126 e. The van der Waals surface area contributed by atoms with Crippen molar-refractivity contribution >= 4 is 11.6 Å². The molecule has 1 aliphatic rings. The highest BCUT2D eigenvalue weighted by Gasteiger charge is 2.25. The molecule has 0 amide bonds. The van der Waals surface area contributed by atoms with Crippen LogP contribution in [-0.4, -0.2) is 30.4 Å². The van der Waals surface area contributed by atoms with E-state index in [2.05, 4.69) is 5.32 Å². The summed E-state index contributed by atoms with van der Waals surface area (Å²) in [4.78, 5) is 0. The maximum absolute atomic E-state index is 10.4. The zero-order valence-electron chi connectivity index (χ0n) is 10.9. The predicted molar refractivity (Wildman–Crippen MR) is 73.5 cm³/mol. The molecule has 1 heterocycles. The number of fused-ring (bicyclic) bond motifs is 1. The number of aliphatic hydroxyl groups is 1. The monoisotopic (exact) mass is 269 g/mol. The first kappa shape index (κ1) is 13.7. The number of likely N-dealkylation sites (N-methyl/N-ethyl adjacent to an activating group) is 1. The SMILES string of the molecule is CCNCC(C)(O)Cc1cc(Cl)cc2c1OCC2. The number of benzene rings is 1. The lowest BCUT2D eigenvalue weighted by Crippen LogP contribution is -2.39. The smallest absolute Gasteiger partial charge is 0.126 e. The van der Waals surface area contributed by atoms with Gasteiger partial charge in [0.15, 0.2) is 0 Å². The molecule has 0 saturated heterocycles. The van der Waals surface area contributed by atoms with Gasteiger partial charge in [-0.05, 0) is 36.7 Å². The Morgan fingerprint density at radius 3 is 3.00 bits per heavy atom. The first-order valence-electron chi connectivity index (χ1n) is 6.39. The first-order chi connectivity index (χ1) is 8.52. The average Bonchev–Trinajstić information content (AvgIpc) is 2.74. The van der Waals surface area contributed by atoms with Crippen molar-refractivity contribution in [2.45, 2.75) is 32.3 Å². The second kappa shape index (κ2) is 5.47. The van der Waals surface area contributed by atoms with Gasteiger partial charge in [-0.25, -0.2) is 0 Å². The molecule has 1 aromatic rings. The van der Waals surface area contributed by atoms with Crippen LogP contribution in [0.2, 0.25) is 5.02 Å². The molecule has 1 aliphatic heterocycles. The van der Waals surface area contributed by atoms with Crippen molar-refractivity contribution in [1.82, 2.24) is 5.32 Å². The molecule has 18 heavy (non-hydrogen) atoms. The van der Waals surface area contributed by atoms with Crippen LogP contribution >= 0.6 is 11.6 Å². The summed E-state index contributed by atoms with van der Waals surface area (Å²) in [5.74, 6) is 0.913. The van der Waals surface area contributed by atoms with Crippen LogP contribution in [0.1, 0.15) is 25.0 Å². The highest BCUT2D eigenvalue weighted by Crippen LogP contribution is 2.34. The number of hydrogen-bond donors (Lipinski definition) is 2. The second-order valence-electron chi connectivity index (χ2n) is 5.11. The minimum absolute atomic E-state index is 0.545. The topological polar surface area (TPSA) is 41.5 Å². The van der Waals surface area contributed by atoms with E-state index in [1.807, 2.05) is 26.0 Å². The van der Waals surface area contributed by atoms with E-state index in [1.165, 1.54) is 0 Å². The largest absolute Gasteiger partial charge is 0.493 e. The number of halogens is 1. The molecule has 0 aliphatic carbocycles. The maximum atomic E-state index is 10.4. The standard InChI is InChI=1S/C14H20ClNO2/c1-3-16-9-14(2,17)8-11-7-12(15)6-10-4-5-18-13(10)11/h6-7,16-17H,3-5,8-9H2,1-2H3. The van der Waals surface area contributed by atoms with Gasteiger partial charge in [0.25, 0.3) is 0 Å². The van der Waals surface area contributed by atoms with Gasteiger partial charge in [0, 0.05) is 24.4 Å². The fourth-order valence-corrected chi connectivity index (χ4v) is 2.61. The van der Waals surface area contributed by atoms with E-state index >= 15 is 0 Å². The number of nitrogens with one attached hydrogen (secondary N) is 1. The van der Waals surface area contributed by atoms with Gasteiger partial charge >= 0.3 is 0 Å². The van der Waals surface area contributed by atoms with E-state index in [0.29, 0.717) is 24.6 Å². The van der Waals surface area contributed by atoms with Gasteiger partial charge in [-0.2, -0.15) is 0 Å². The van der Waals surface area contributed by atoms with Gasteiger partial charge in [0.05, 0.1) is 12.2 Å².